The van der Waals surface area contributed by atoms with Crippen molar-refractivity contribution < 1.29 is 19.1 Å². The van der Waals surface area contributed by atoms with E-state index in [1.165, 1.54) is 11.2 Å². The predicted molar refractivity (Wildman–Crippen MR) is 119 cm³/mol. The van der Waals surface area contributed by atoms with Gasteiger partial charge in [0.15, 0.2) is 0 Å². The third-order valence-electron chi connectivity index (χ3n) is 5.29. The van der Waals surface area contributed by atoms with Gasteiger partial charge in [-0.2, -0.15) is 0 Å². The summed E-state index contributed by atoms with van der Waals surface area (Å²) in [6, 6.07) is 16.7. The number of benzene rings is 2. The van der Waals surface area contributed by atoms with Crippen LogP contribution < -0.4 is 4.90 Å². The van der Waals surface area contributed by atoms with Gasteiger partial charge in [0.05, 0.1) is 24.4 Å². The molecule has 0 radical (unpaired) electrons. The Balaban J connectivity index is 1.84. The minimum Gasteiger partial charge on any atom is -0.507 e. The van der Waals surface area contributed by atoms with Crippen LogP contribution >= 0.6 is 11.6 Å². The van der Waals surface area contributed by atoms with E-state index in [1.807, 2.05) is 43.3 Å². The molecule has 1 aromatic heterocycles. The van der Waals surface area contributed by atoms with Crippen molar-refractivity contribution in [3.05, 3.63) is 94.4 Å². The first-order valence-electron chi connectivity index (χ1n) is 9.71. The molecular weight excluding hydrogens is 416 g/mol. The quantitative estimate of drug-likeness (QED) is 0.359. The smallest absolute Gasteiger partial charge is 0.296 e. The maximum atomic E-state index is 13.0. The van der Waals surface area contributed by atoms with Gasteiger partial charge in [0.25, 0.3) is 11.7 Å². The zero-order valence-corrected chi connectivity index (χ0v) is 17.8. The third kappa shape index (κ3) is 3.94. The number of aliphatic hydroxyl groups excluding tert-OH is 1. The van der Waals surface area contributed by atoms with E-state index in [-0.39, 0.29) is 17.9 Å². The van der Waals surface area contributed by atoms with Gasteiger partial charge in [-0.15, -0.1) is 0 Å². The number of hydrogen-bond donors (Lipinski definition) is 1. The molecule has 2 aromatic carbocycles. The van der Waals surface area contributed by atoms with E-state index < -0.39 is 17.7 Å². The highest BCUT2D eigenvalue weighted by Gasteiger charge is 2.46. The number of aliphatic hydroxyl groups is 1. The SMILES string of the molecule is CN(C)c1ccc(C2/C(=C(/O)c3ccc(Cl)cc3)C(=O)C(=O)N2Cc2ccco2)cc1. The van der Waals surface area contributed by atoms with Crippen molar-refractivity contribution in [3.63, 3.8) is 0 Å². The van der Waals surface area contributed by atoms with E-state index >= 15 is 0 Å². The van der Waals surface area contributed by atoms with Crippen LogP contribution in [-0.2, 0) is 16.1 Å². The lowest BCUT2D eigenvalue weighted by Gasteiger charge is -2.25. The summed E-state index contributed by atoms with van der Waals surface area (Å²) in [6.07, 6.45) is 1.51. The number of halogens is 1. The average molecular weight is 437 g/mol. The topological polar surface area (TPSA) is 74.0 Å². The summed E-state index contributed by atoms with van der Waals surface area (Å²) in [4.78, 5) is 29.3. The van der Waals surface area contributed by atoms with Crippen LogP contribution in [0.5, 0.6) is 0 Å². The van der Waals surface area contributed by atoms with Gasteiger partial charge in [0.2, 0.25) is 0 Å². The zero-order valence-electron chi connectivity index (χ0n) is 17.1. The van der Waals surface area contributed by atoms with Crippen LogP contribution in [0.1, 0.15) is 22.9 Å². The highest BCUT2D eigenvalue weighted by molar-refractivity contribution is 6.46. The predicted octanol–water partition coefficient (Wildman–Crippen LogP) is 4.62. The molecular formula is C24H21ClN2O4. The molecule has 158 valence electrons. The van der Waals surface area contributed by atoms with E-state index in [4.69, 9.17) is 16.0 Å². The number of ketones is 1. The summed E-state index contributed by atoms with van der Waals surface area (Å²) in [5.74, 6) is -1.11. The summed E-state index contributed by atoms with van der Waals surface area (Å²) in [5, 5.41) is 11.5. The van der Waals surface area contributed by atoms with Crippen molar-refractivity contribution in [1.82, 2.24) is 4.90 Å². The fourth-order valence-electron chi connectivity index (χ4n) is 3.68. The van der Waals surface area contributed by atoms with E-state index in [0.717, 1.165) is 5.69 Å². The van der Waals surface area contributed by atoms with Gasteiger partial charge in [-0.25, -0.2) is 0 Å². The van der Waals surface area contributed by atoms with Crippen LogP contribution in [0, 0.1) is 0 Å². The Morgan fingerprint density at radius 3 is 2.32 bits per heavy atom. The molecule has 1 amide bonds. The number of rotatable bonds is 5. The molecule has 1 N–H and O–H groups in total. The normalized spacial score (nSPS) is 17.9. The van der Waals surface area contributed by atoms with Gasteiger partial charge >= 0.3 is 0 Å². The molecule has 0 spiro atoms. The van der Waals surface area contributed by atoms with Crippen molar-refractivity contribution >= 4 is 34.7 Å². The number of furan rings is 1. The van der Waals surface area contributed by atoms with Gasteiger partial charge in [0.1, 0.15) is 11.5 Å². The van der Waals surface area contributed by atoms with E-state index in [2.05, 4.69) is 0 Å². The summed E-state index contributed by atoms with van der Waals surface area (Å²) >= 11 is 5.95. The van der Waals surface area contributed by atoms with Crippen molar-refractivity contribution in [2.75, 3.05) is 19.0 Å². The van der Waals surface area contributed by atoms with Crippen LogP contribution in [0.4, 0.5) is 5.69 Å². The molecule has 0 bridgehead atoms. The molecule has 7 heteroatoms. The second-order valence-electron chi connectivity index (χ2n) is 7.50. The van der Waals surface area contributed by atoms with Crippen LogP contribution in [0.25, 0.3) is 5.76 Å². The number of amides is 1. The first-order chi connectivity index (χ1) is 14.9. The van der Waals surface area contributed by atoms with Gasteiger partial charge in [-0.05, 0) is 54.1 Å². The van der Waals surface area contributed by atoms with Crippen LogP contribution in [0.15, 0.2) is 76.9 Å². The number of carbonyl (C=O) groups excluding carboxylic acids is 2. The highest BCUT2D eigenvalue weighted by Crippen LogP contribution is 2.40. The monoisotopic (exact) mass is 436 g/mol. The van der Waals surface area contributed by atoms with Crippen molar-refractivity contribution in [2.45, 2.75) is 12.6 Å². The van der Waals surface area contributed by atoms with Crippen LogP contribution in [-0.4, -0.2) is 35.8 Å². The van der Waals surface area contributed by atoms with Crippen LogP contribution in [0.2, 0.25) is 5.02 Å². The Bertz CT molecular complexity index is 1130. The Labute approximate surface area is 185 Å². The Kier molecular flexibility index (Phi) is 5.57. The van der Waals surface area contributed by atoms with Gasteiger partial charge < -0.3 is 19.3 Å². The van der Waals surface area contributed by atoms with Crippen molar-refractivity contribution in [1.29, 1.82) is 0 Å². The third-order valence-corrected chi connectivity index (χ3v) is 5.54. The number of hydrogen-bond acceptors (Lipinski definition) is 5. The number of carbonyl (C=O) groups is 2. The molecule has 6 nitrogen and oxygen atoms in total. The number of likely N-dealkylation sites (tertiary alicyclic amines) is 1. The molecule has 0 aliphatic carbocycles. The summed E-state index contributed by atoms with van der Waals surface area (Å²) in [7, 11) is 3.86. The van der Waals surface area contributed by atoms with Crippen molar-refractivity contribution in [2.24, 2.45) is 0 Å². The lowest BCUT2D eigenvalue weighted by Crippen LogP contribution is -2.29. The second kappa shape index (κ2) is 8.32. The standard InChI is InChI=1S/C24H21ClN2O4/c1-26(2)18-11-7-15(8-12-18)21-20(22(28)16-5-9-17(25)10-6-16)23(29)24(30)27(21)14-19-4-3-13-31-19/h3-13,21,28H,14H2,1-2H3/b22-20-. The lowest BCUT2D eigenvalue weighted by molar-refractivity contribution is -0.140. The fraction of sp³-hybridized carbons (Fsp3) is 0.167. The van der Waals surface area contributed by atoms with E-state index in [0.29, 0.717) is 21.9 Å². The maximum absolute atomic E-state index is 13.0. The first kappa shape index (κ1) is 20.8. The lowest BCUT2D eigenvalue weighted by atomic mass is 9.95. The Morgan fingerprint density at radius 2 is 1.74 bits per heavy atom. The molecule has 0 saturated carbocycles. The summed E-state index contributed by atoms with van der Waals surface area (Å²) < 4.78 is 5.40. The Morgan fingerprint density at radius 1 is 1.06 bits per heavy atom. The van der Waals surface area contributed by atoms with E-state index in [9.17, 15) is 14.7 Å². The van der Waals surface area contributed by atoms with Gasteiger partial charge in [-0.3, -0.25) is 9.59 Å². The maximum Gasteiger partial charge on any atom is 0.296 e. The molecule has 31 heavy (non-hydrogen) atoms. The molecule has 3 aromatic rings. The summed E-state index contributed by atoms with van der Waals surface area (Å²) in [5.41, 5.74) is 2.14. The van der Waals surface area contributed by atoms with Gasteiger partial charge in [0, 0.05) is 30.4 Å². The molecule has 1 fully saturated rings. The Hall–Kier alpha value is -3.51. The number of Topliss-reactive ketones (excluding diaryl/α,β-unsaturated/α-hetero) is 1. The number of anilines is 1. The second-order valence-corrected chi connectivity index (χ2v) is 7.94. The zero-order chi connectivity index (χ0) is 22.1. The fourth-order valence-corrected chi connectivity index (χ4v) is 3.80. The first-order valence-corrected chi connectivity index (χ1v) is 10.1. The number of nitrogens with zero attached hydrogens (tertiary/aromatic N) is 2. The van der Waals surface area contributed by atoms with Crippen molar-refractivity contribution in [3.8, 4) is 0 Å². The highest BCUT2D eigenvalue weighted by atomic mass is 35.5. The largest absolute Gasteiger partial charge is 0.507 e. The van der Waals surface area contributed by atoms with Gasteiger partial charge in [-0.1, -0.05) is 23.7 Å². The molecule has 2 heterocycles. The minimum absolute atomic E-state index is 0.0384. The molecule has 4 rings (SSSR count). The average Bonchev–Trinajstić information content (AvgIpc) is 3.36. The summed E-state index contributed by atoms with van der Waals surface area (Å²) in [6.45, 7) is 0.106. The molecule has 1 aliphatic heterocycles. The molecule has 1 aliphatic rings. The van der Waals surface area contributed by atoms with E-state index in [1.54, 1.807) is 36.4 Å². The molecule has 1 unspecified atom stereocenters. The molecule has 1 saturated heterocycles. The minimum atomic E-state index is -0.753. The molecule has 1 atom stereocenters. The van der Waals surface area contributed by atoms with Crippen LogP contribution in [0.3, 0.4) is 0 Å².